The van der Waals surface area contributed by atoms with Gasteiger partial charge in [-0.15, -0.1) is 0 Å². The van der Waals surface area contributed by atoms with Crippen LogP contribution < -0.4 is 0 Å². The summed E-state index contributed by atoms with van der Waals surface area (Å²) in [6, 6.07) is 6.26. The van der Waals surface area contributed by atoms with Gasteiger partial charge < -0.3 is 0 Å². The maximum Gasteiger partial charge on any atom is 0.107 e. The highest BCUT2D eigenvalue weighted by Gasteiger charge is 2.40. The largest absolute Gasteiger partial charge is 0.107 e. The van der Waals surface area contributed by atoms with Crippen molar-refractivity contribution >= 4 is 39.1 Å². The van der Waals surface area contributed by atoms with E-state index < -0.39 is 0 Å². The molecule has 1 aromatic rings. The number of benzene rings is 1. The Labute approximate surface area is 107 Å². The zero-order valence-electron chi connectivity index (χ0n) is 7.68. The topological polar surface area (TPSA) is 0 Å². The Morgan fingerprint density at radius 1 is 1.13 bits per heavy atom. The average Bonchev–Trinajstić information content (AvgIpc) is 2.73. The third kappa shape index (κ3) is 1.27. The van der Waals surface area contributed by atoms with Crippen LogP contribution in [-0.2, 0) is 0 Å². The highest BCUT2D eigenvalue weighted by molar-refractivity contribution is 9.10. The molecule has 76 valence electrons. The van der Waals surface area contributed by atoms with Gasteiger partial charge in [-0.3, -0.25) is 0 Å². The number of hydrogen-bond donors (Lipinski definition) is 0. The van der Waals surface area contributed by atoms with Crippen molar-refractivity contribution in [2.45, 2.75) is 11.8 Å². The molecule has 0 N–H and O–H groups in total. The molecule has 2 unspecified atom stereocenters. The summed E-state index contributed by atoms with van der Waals surface area (Å²) in [6.45, 7) is 0. The van der Waals surface area contributed by atoms with Crippen LogP contribution in [0.2, 0.25) is 0 Å². The molecule has 0 amide bonds. The smallest absolute Gasteiger partial charge is 0.0759 e. The third-order valence-electron chi connectivity index (χ3n) is 3.12. The molecule has 2 bridgehead atoms. The van der Waals surface area contributed by atoms with Crippen LogP contribution in [0.1, 0.15) is 23.0 Å². The fourth-order valence-electron chi connectivity index (χ4n) is 2.53. The maximum absolute atomic E-state index is 5.95. The Morgan fingerprint density at radius 2 is 1.87 bits per heavy atom. The van der Waals surface area contributed by atoms with Crippen LogP contribution in [0.25, 0.3) is 0 Å². The lowest BCUT2D eigenvalue weighted by atomic mass is 9.97. The van der Waals surface area contributed by atoms with E-state index in [0.29, 0.717) is 4.49 Å². The molecule has 2 aliphatic rings. The fourth-order valence-corrected chi connectivity index (χ4v) is 3.63. The van der Waals surface area contributed by atoms with Gasteiger partial charge in [0.05, 0.1) is 0 Å². The van der Waals surface area contributed by atoms with Gasteiger partial charge in [0, 0.05) is 16.3 Å². The first-order valence-corrected chi connectivity index (χ1v) is 6.26. The molecule has 2 atom stereocenters. The summed E-state index contributed by atoms with van der Waals surface area (Å²) in [7, 11) is 0. The minimum Gasteiger partial charge on any atom is -0.0759 e. The number of rotatable bonds is 0. The van der Waals surface area contributed by atoms with Crippen LogP contribution >= 0.6 is 39.1 Å². The van der Waals surface area contributed by atoms with Gasteiger partial charge in [-0.1, -0.05) is 63.4 Å². The number of hydrogen-bond acceptors (Lipinski definition) is 0. The van der Waals surface area contributed by atoms with Crippen molar-refractivity contribution in [3.8, 4) is 0 Å². The summed E-state index contributed by atoms with van der Waals surface area (Å²) in [5, 5.41) is 0. The monoisotopic (exact) mass is 300 g/mol. The van der Waals surface area contributed by atoms with E-state index in [4.69, 9.17) is 23.2 Å². The Hall–Kier alpha value is -0.240. The predicted molar refractivity (Wildman–Crippen MR) is 67.5 cm³/mol. The van der Waals surface area contributed by atoms with Gasteiger partial charge in [0.1, 0.15) is 4.49 Å². The minimum atomic E-state index is 0.269. The van der Waals surface area contributed by atoms with Crippen LogP contribution in [0.3, 0.4) is 0 Å². The second kappa shape index (κ2) is 3.38. The lowest BCUT2D eigenvalue weighted by Crippen LogP contribution is -1.92. The van der Waals surface area contributed by atoms with Crippen LogP contribution in [-0.4, -0.2) is 0 Å². The van der Waals surface area contributed by atoms with E-state index >= 15 is 0 Å². The third-order valence-corrected chi connectivity index (χ3v) is 4.24. The molecule has 0 saturated heterocycles. The van der Waals surface area contributed by atoms with Crippen LogP contribution in [0.5, 0.6) is 0 Å². The first-order chi connectivity index (χ1) is 7.20. The van der Waals surface area contributed by atoms with Gasteiger partial charge in [-0.05, 0) is 22.8 Å². The van der Waals surface area contributed by atoms with Crippen molar-refractivity contribution in [2.75, 3.05) is 0 Å². The summed E-state index contributed by atoms with van der Waals surface area (Å²) in [5.41, 5.74) is 3.77. The molecule has 0 fully saturated rings. The lowest BCUT2D eigenvalue weighted by molar-refractivity contribution is 1.04. The SMILES string of the molecule is ClC(Cl)=C1C2C=CC1c1c(Br)cccc12. The average molecular weight is 302 g/mol. The quantitative estimate of drug-likeness (QED) is 0.599. The summed E-state index contributed by atoms with van der Waals surface area (Å²) < 4.78 is 1.56. The number of fused-ring (bicyclic) bond motifs is 5. The van der Waals surface area contributed by atoms with Crippen LogP contribution in [0.4, 0.5) is 0 Å². The van der Waals surface area contributed by atoms with Crippen molar-refractivity contribution in [3.63, 3.8) is 0 Å². The van der Waals surface area contributed by atoms with Gasteiger partial charge in [-0.2, -0.15) is 0 Å². The van der Waals surface area contributed by atoms with Crippen molar-refractivity contribution < 1.29 is 0 Å². The number of halogens is 3. The molecule has 1 aromatic carbocycles. The van der Waals surface area contributed by atoms with E-state index in [1.807, 2.05) is 0 Å². The summed E-state index contributed by atoms with van der Waals surface area (Å²) >= 11 is 15.5. The molecular formula is C12H7BrCl2. The molecule has 0 nitrogen and oxygen atoms in total. The van der Waals surface area contributed by atoms with E-state index in [-0.39, 0.29) is 11.8 Å². The Balaban J connectivity index is 2.29. The van der Waals surface area contributed by atoms with Crippen LogP contribution in [0.15, 0.2) is 44.9 Å². The van der Waals surface area contributed by atoms with Gasteiger partial charge in [0.25, 0.3) is 0 Å². The molecule has 0 spiro atoms. The molecule has 0 aromatic heterocycles. The first-order valence-electron chi connectivity index (χ1n) is 4.72. The zero-order valence-corrected chi connectivity index (χ0v) is 10.8. The van der Waals surface area contributed by atoms with E-state index in [1.54, 1.807) is 0 Å². The fraction of sp³-hybridized carbons (Fsp3) is 0.167. The lowest BCUT2D eigenvalue weighted by Gasteiger charge is -2.10. The van der Waals surface area contributed by atoms with Gasteiger partial charge >= 0.3 is 0 Å². The molecule has 3 rings (SSSR count). The molecule has 15 heavy (non-hydrogen) atoms. The van der Waals surface area contributed by atoms with E-state index in [2.05, 4.69) is 46.3 Å². The highest BCUT2D eigenvalue weighted by Crippen LogP contribution is 2.56. The van der Waals surface area contributed by atoms with Crippen LogP contribution in [0, 0.1) is 0 Å². The second-order valence-electron chi connectivity index (χ2n) is 3.80. The molecule has 2 aliphatic carbocycles. The standard InChI is InChI=1S/C12H7BrCl2/c13-9-3-1-2-6-7-4-5-8(10(6)9)11(7)12(14)15/h1-5,7-8H. The Bertz CT molecular complexity index is 498. The van der Waals surface area contributed by atoms with E-state index in [1.165, 1.54) is 11.1 Å². The Morgan fingerprint density at radius 3 is 2.53 bits per heavy atom. The minimum absolute atomic E-state index is 0.269. The predicted octanol–water partition coefficient (Wildman–Crippen LogP) is 4.89. The normalized spacial score (nSPS) is 25.9. The van der Waals surface area contributed by atoms with Crippen molar-refractivity contribution in [1.29, 1.82) is 0 Å². The summed E-state index contributed by atoms with van der Waals surface area (Å²) in [5.74, 6) is 0.554. The van der Waals surface area contributed by atoms with Gasteiger partial charge in [-0.25, -0.2) is 0 Å². The van der Waals surface area contributed by atoms with Crippen molar-refractivity contribution in [2.24, 2.45) is 0 Å². The van der Waals surface area contributed by atoms with Gasteiger partial charge in [0.2, 0.25) is 0 Å². The number of allylic oxidation sites excluding steroid dienone is 3. The van der Waals surface area contributed by atoms with Gasteiger partial charge in [0.15, 0.2) is 0 Å². The van der Waals surface area contributed by atoms with E-state index in [0.717, 1.165) is 10.0 Å². The summed E-state index contributed by atoms with van der Waals surface area (Å²) in [4.78, 5) is 0. The van der Waals surface area contributed by atoms with Crippen molar-refractivity contribution in [1.82, 2.24) is 0 Å². The molecule has 0 heterocycles. The molecule has 3 heteroatoms. The summed E-state index contributed by atoms with van der Waals surface area (Å²) in [6.07, 6.45) is 4.36. The van der Waals surface area contributed by atoms with Crippen molar-refractivity contribution in [3.05, 3.63) is 56.0 Å². The molecular weight excluding hydrogens is 295 g/mol. The maximum atomic E-state index is 5.95. The Kier molecular flexibility index (Phi) is 2.24. The first kappa shape index (κ1) is 9.95. The molecule has 0 radical (unpaired) electrons. The zero-order chi connectivity index (χ0) is 10.6. The molecule has 0 saturated carbocycles. The van der Waals surface area contributed by atoms with E-state index in [9.17, 15) is 0 Å². The second-order valence-corrected chi connectivity index (χ2v) is 5.60. The highest BCUT2D eigenvalue weighted by atomic mass is 79.9. The molecule has 0 aliphatic heterocycles.